The Labute approximate surface area is 178 Å². The van der Waals surface area contributed by atoms with E-state index in [1.165, 1.54) is 16.7 Å². The molecule has 6 nitrogen and oxygen atoms in total. The summed E-state index contributed by atoms with van der Waals surface area (Å²) in [4.78, 5) is 7.15. The highest BCUT2D eigenvalue weighted by Crippen LogP contribution is 2.23. The van der Waals surface area contributed by atoms with Crippen LogP contribution in [0, 0.1) is 6.92 Å². The topological polar surface area (TPSA) is 52.4 Å². The van der Waals surface area contributed by atoms with E-state index in [4.69, 9.17) is 14.5 Å². The maximum atomic E-state index is 6.03. The van der Waals surface area contributed by atoms with Crippen molar-refractivity contribution in [3.8, 4) is 5.75 Å². The van der Waals surface area contributed by atoms with Crippen molar-refractivity contribution in [3.63, 3.8) is 0 Å². The second-order valence-electron chi connectivity index (χ2n) is 7.81. The molecular formula is C24H30N4O2. The van der Waals surface area contributed by atoms with Crippen LogP contribution in [0.15, 0.2) is 48.8 Å². The van der Waals surface area contributed by atoms with E-state index in [1.807, 2.05) is 23.0 Å². The molecule has 3 heterocycles. The van der Waals surface area contributed by atoms with Gasteiger partial charge in [0, 0.05) is 44.1 Å². The Morgan fingerprint density at radius 2 is 1.93 bits per heavy atom. The van der Waals surface area contributed by atoms with Crippen LogP contribution in [-0.4, -0.2) is 46.5 Å². The molecule has 0 radical (unpaired) electrons. The van der Waals surface area contributed by atoms with Crippen LogP contribution in [0.2, 0.25) is 0 Å². The predicted molar refractivity (Wildman–Crippen MR) is 117 cm³/mol. The lowest BCUT2D eigenvalue weighted by molar-refractivity contribution is -0.0350. The Morgan fingerprint density at radius 1 is 1.13 bits per heavy atom. The summed E-state index contributed by atoms with van der Waals surface area (Å²) in [5.74, 6) is 0.878. The third-order valence-corrected chi connectivity index (χ3v) is 5.66. The van der Waals surface area contributed by atoms with Crippen molar-refractivity contribution in [2.75, 3.05) is 26.8 Å². The zero-order valence-electron chi connectivity index (χ0n) is 18.0. The number of aryl methyl sites for hydroxylation is 2. The molecule has 1 aliphatic rings. The third-order valence-electron chi connectivity index (χ3n) is 5.66. The summed E-state index contributed by atoms with van der Waals surface area (Å²) < 4.78 is 13.3. The molecule has 0 bridgehead atoms. The zero-order chi connectivity index (χ0) is 20.9. The van der Waals surface area contributed by atoms with Gasteiger partial charge in [-0.1, -0.05) is 18.2 Å². The molecule has 0 N–H and O–H groups in total. The number of morpholine rings is 1. The predicted octanol–water partition coefficient (Wildman–Crippen LogP) is 3.78. The number of benzene rings is 1. The quantitative estimate of drug-likeness (QED) is 0.598. The molecule has 158 valence electrons. The van der Waals surface area contributed by atoms with E-state index < -0.39 is 0 Å². The number of ether oxygens (including phenoxy) is 2. The first-order valence-corrected chi connectivity index (χ1v) is 10.6. The molecule has 1 fully saturated rings. The first-order valence-electron chi connectivity index (χ1n) is 10.6. The lowest BCUT2D eigenvalue weighted by atomic mass is 10.1. The van der Waals surface area contributed by atoms with Crippen molar-refractivity contribution in [3.05, 3.63) is 76.9 Å². The molecule has 1 aliphatic heterocycles. The number of pyridine rings is 1. The Morgan fingerprint density at radius 3 is 2.60 bits per heavy atom. The molecule has 0 aliphatic carbocycles. The average Bonchev–Trinajstić information content (AvgIpc) is 3.14. The molecule has 6 heteroatoms. The van der Waals surface area contributed by atoms with Gasteiger partial charge >= 0.3 is 0 Å². The molecule has 1 atom stereocenters. The molecular weight excluding hydrogens is 376 g/mol. The maximum absolute atomic E-state index is 6.03. The first kappa shape index (κ1) is 20.6. The van der Waals surface area contributed by atoms with Gasteiger partial charge in [-0.15, -0.1) is 0 Å². The van der Waals surface area contributed by atoms with Gasteiger partial charge in [0.15, 0.2) is 0 Å². The summed E-state index contributed by atoms with van der Waals surface area (Å²) in [7, 11) is 1.69. The SMILES string of the molecule is CCn1cc(CN2CCO[C@H](c3ccc(Cc4ccc(OC)cc4)cn3)C2)c(C)n1. The monoisotopic (exact) mass is 406 g/mol. The van der Waals surface area contributed by atoms with Gasteiger partial charge in [-0.25, -0.2) is 0 Å². The van der Waals surface area contributed by atoms with E-state index >= 15 is 0 Å². The van der Waals surface area contributed by atoms with Crippen molar-refractivity contribution in [1.29, 1.82) is 0 Å². The Hall–Kier alpha value is -2.70. The summed E-state index contributed by atoms with van der Waals surface area (Å²) in [5, 5.41) is 4.56. The minimum absolute atomic E-state index is 0.00955. The third kappa shape index (κ3) is 4.89. The van der Waals surface area contributed by atoms with Crippen LogP contribution in [0.3, 0.4) is 0 Å². The highest BCUT2D eigenvalue weighted by atomic mass is 16.5. The van der Waals surface area contributed by atoms with Gasteiger partial charge < -0.3 is 9.47 Å². The summed E-state index contributed by atoms with van der Waals surface area (Å²) in [6, 6.07) is 12.4. The molecule has 30 heavy (non-hydrogen) atoms. The van der Waals surface area contributed by atoms with Gasteiger partial charge in [0.05, 0.1) is 25.1 Å². The Balaban J connectivity index is 1.37. The van der Waals surface area contributed by atoms with Crippen LogP contribution in [0.4, 0.5) is 0 Å². The van der Waals surface area contributed by atoms with Crippen LogP contribution in [0.5, 0.6) is 5.75 Å². The lowest BCUT2D eigenvalue weighted by Crippen LogP contribution is -2.38. The van der Waals surface area contributed by atoms with Gasteiger partial charge in [0.2, 0.25) is 0 Å². The lowest BCUT2D eigenvalue weighted by Gasteiger charge is -2.32. The zero-order valence-corrected chi connectivity index (χ0v) is 18.0. The highest BCUT2D eigenvalue weighted by molar-refractivity contribution is 5.31. The number of aromatic nitrogens is 3. The molecule has 3 aromatic rings. The number of hydrogen-bond acceptors (Lipinski definition) is 5. The summed E-state index contributed by atoms with van der Waals surface area (Å²) in [6.45, 7) is 8.51. The minimum atomic E-state index is 0.00955. The van der Waals surface area contributed by atoms with Crippen molar-refractivity contribution < 1.29 is 9.47 Å². The van der Waals surface area contributed by atoms with Gasteiger partial charge in [0.25, 0.3) is 0 Å². The second kappa shape index (κ2) is 9.41. The van der Waals surface area contributed by atoms with Crippen molar-refractivity contribution >= 4 is 0 Å². The van der Waals surface area contributed by atoms with E-state index in [9.17, 15) is 0 Å². The Kier molecular flexibility index (Phi) is 6.45. The second-order valence-corrected chi connectivity index (χ2v) is 7.81. The van der Waals surface area contributed by atoms with E-state index in [-0.39, 0.29) is 6.10 Å². The van der Waals surface area contributed by atoms with Gasteiger partial charge in [-0.05, 0) is 49.6 Å². The molecule has 0 saturated carbocycles. The molecule has 1 aromatic carbocycles. The number of hydrogen-bond donors (Lipinski definition) is 0. The molecule has 0 spiro atoms. The molecule has 0 amide bonds. The minimum Gasteiger partial charge on any atom is -0.497 e. The van der Waals surface area contributed by atoms with Crippen LogP contribution < -0.4 is 4.74 Å². The van der Waals surface area contributed by atoms with Crippen molar-refractivity contribution in [2.45, 2.75) is 39.5 Å². The number of nitrogens with zero attached hydrogens (tertiary/aromatic N) is 4. The van der Waals surface area contributed by atoms with E-state index in [0.717, 1.165) is 56.3 Å². The first-order chi connectivity index (χ1) is 14.6. The molecule has 4 rings (SSSR count). The van der Waals surface area contributed by atoms with Crippen LogP contribution in [0.25, 0.3) is 0 Å². The van der Waals surface area contributed by atoms with E-state index in [2.05, 4.69) is 54.3 Å². The summed E-state index contributed by atoms with van der Waals surface area (Å²) in [5.41, 5.74) is 5.84. The summed E-state index contributed by atoms with van der Waals surface area (Å²) >= 11 is 0. The van der Waals surface area contributed by atoms with Gasteiger partial charge in [0.1, 0.15) is 11.9 Å². The van der Waals surface area contributed by atoms with Crippen LogP contribution in [0.1, 0.15) is 41.1 Å². The smallest absolute Gasteiger partial charge is 0.118 e. The maximum Gasteiger partial charge on any atom is 0.118 e. The molecule has 2 aromatic heterocycles. The normalized spacial score (nSPS) is 17.2. The Bertz CT molecular complexity index is 950. The standard InChI is InChI=1S/C24H30N4O2/c1-4-28-16-21(18(2)26-28)15-27-11-12-30-24(17-27)23-10-7-20(14-25-23)13-19-5-8-22(29-3)9-6-19/h5-10,14,16,24H,4,11-13,15,17H2,1-3H3/t24-/m0/s1. The van der Waals surface area contributed by atoms with Crippen LogP contribution in [-0.2, 0) is 24.2 Å². The average molecular weight is 407 g/mol. The number of methoxy groups -OCH3 is 1. The van der Waals surface area contributed by atoms with Crippen molar-refractivity contribution in [1.82, 2.24) is 19.7 Å². The van der Waals surface area contributed by atoms with Gasteiger partial charge in [-0.3, -0.25) is 14.6 Å². The van der Waals surface area contributed by atoms with Gasteiger partial charge in [-0.2, -0.15) is 5.10 Å². The fraction of sp³-hybridized carbons (Fsp3) is 0.417. The number of rotatable bonds is 7. The van der Waals surface area contributed by atoms with E-state index in [0.29, 0.717) is 0 Å². The highest BCUT2D eigenvalue weighted by Gasteiger charge is 2.24. The van der Waals surface area contributed by atoms with Crippen LogP contribution >= 0.6 is 0 Å². The van der Waals surface area contributed by atoms with Crippen molar-refractivity contribution in [2.24, 2.45) is 0 Å². The molecule has 1 saturated heterocycles. The largest absolute Gasteiger partial charge is 0.497 e. The van der Waals surface area contributed by atoms with E-state index in [1.54, 1.807) is 7.11 Å². The fourth-order valence-corrected chi connectivity index (χ4v) is 3.85. The fourth-order valence-electron chi connectivity index (χ4n) is 3.85. The summed E-state index contributed by atoms with van der Waals surface area (Å²) in [6.07, 6.45) is 4.99. The molecule has 0 unspecified atom stereocenters.